The number of hydrogen-bond donors (Lipinski definition) is 2. The summed E-state index contributed by atoms with van der Waals surface area (Å²) in [6, 6.07) is 14.6. The van der Waals surface area contributed by atoms with Gasteiger partial charge >= 0.3 is 0 Å². The van der Waals surface area contributed by atoms with Gasteiger partial charge in [-0.25, -0.2) is 4.98 Å². The number of aromatic nitrogens is 2. The van der Waals surface area contributed by atoms with Crippen LogP contribution in [0.3, 0.4) is 0 Å². The number of anilines is 3. The maximum Gasteiger partial charge on any atom is 0.230 e. The SMILES string of the molecule is Cc1ccc2c(NCc3ccc(N(CC(C)C)C(=O)C4CCNCC4)cc3)nc(N(C)C)nc2c1. The molecule has 0 spiro atoms. The molecule has 186 valence electrons. The Balaban J connectivity index is 1.52. The highest BCUT2D eigenvalue weighted by atomic mass is 16.2. The summed E-state index contributed by atoms with van der Waals surface area (Å²) in [5, 5.41) is 7.87. The number of hydrogen-bond acceptors (Lipinski definition) is 6. The molecular weight excluding hydrogens is 436 g/mol. The Morgan fingerprint density at radius 1 is 1.09 bits per heavy atom. The van der Waals surface area contributed by atoms with Crippen LogP contribution in [-0.2, 0) is 11.3 Å². The number of aryl methyl sites for hydroxylation is 1. The lowest BCUT2D eigenvalue weighted by Crippen LogP contribution is -2.42. The van der Waals surface area contributed by atoms with Crippen LogP contribution < -0.4 is 20.4 Å². The third kappa shape index (κ3) is 6.09. The van der Waals surface area contributed by atoms with Crippen molar-refractivity contribution < 1.29 is 4.79 Å². The first-order chi connectivity index (χ1) is 16.8. The van der Waals surface area contributed by atoms with Gasteiger partial charge < -0.3 is 20.4 Å². The summed E-state index contributed by atoms with van der Waals surface area (Å²) in [6.45, 7) is 9.61. The van der Waals surface area contributed by atoms with Crippen molar-refractivity contribution in [3.8, 4) is 0 Å². The highest BCUT2D eigenvalue weighted by Crippen LogP contribution is 2.26. The average molecular weight is 475 g/mol. The van der Waals surface area contributed by atoms with Crippen LogP contribution in [-0.4, -0.2) is 49.6 Å². The lowest BCUT2D eigenvalue weighted by atomic mass is 9.95. The second-order valence-electron chi connectivity index (χ2n) is 10.2. The summed E-state index contributed by atoms with van der Waals surface area (Å²) < 4.78 is 0. The van der Waals surface area contributed by atoms with E-state index in [2.05, 4.69) is 73.9 Å². The van der Waals surface area contributed by atoms with Gasteiger partial charge in [-0.15, -0.1) is 0 Å². The molecule has 0 saturated carbocycles. The van der Waals surface area contributed by atoms with Gasteiger partial charge in [0.25, 0.3) is 0 Å². The Bertz CT molecular complexity index is 1150. The molecule has 1 aliphatic rings. The van der Waals surface area contributed by atoms with Crippen LogP contribution >= 0.6 is 0 Å². The van der Waals surface area contributed by atoms with E-state index in [1.165, 1.54) is 5.56 Å². The fraction of sp³-hybridized carbons (Fsp3) is 0.464. The van der Waals surface area contributed by atoms with Crippen LogP contribution in [0.4, 0.5) is 17.5 Å². The minimum absolute atomic E-state index is 0.108. The third-order valence-corrected chi connectivity index (χ3v) is 6.45. The van der Waals surface area contributed by atoms with E-state index in [1.54, 1.807) is 0 Å². The molecule has 7 nitrogen and oxygen atoms in total. The summed E-state index contributed by atoms with van der Waals surface area (Å²) >= 11 is 0. The van der Waals surface area contributed by atoms with Crippen LogP contribution in [0, 0.1) is 18.8 Å². The predicted octanol–water partition coefficient (Wildman–Crippen LogP) is 4.60. The molecular formula is C28H38N6O. The zero-order chi connectivity index (χ0) is 24.9. The monoisotopic (exact) mass is 474 g/mol. The summed E-state index contributed by atoms with van der Waals surface area (Å²) in [7, 11) is 3.90. The van der Waals surface area contributed by atoms with Crippen LogP contribution in [0.1, 0.15) is 37.8 Å². The number of carbonyl (C=O) groups excluding carboxylic acids is 1. The molecule has 2 N–H and O–H groups in total. The minimum Gasteiger partial charge on any atom is -0.365 e. The molecule has 0 radical (unpaired) electrons. The minimum atomic E-state index is 0.108. The van der Waals surface area contributed by atoms with Gasteiger partial charge in [-0.05, 0) is 74.2 Å². The average Bonchev–Trinajstić information content (AvgIpc) is 2.85. The number of carbonyl (C=O) groups is 1. The number of rotatable bonds is 8. The van der Waals surface area contributed by atoms with Gasteiger partial charge in [0.05, 0.1) is 5.52 Å². The highest BCUT2D eigenvalue weighted by molar-refractivity contribution is 5.95. The van der Waals surface area contributed by atoms with E-state index >= 15 is 0 Å². The fourth-order valence-corrected chi connectivity index (χ4v) is 4.52. The molecule has 1 fully saturated rings. The van der Waals surface area contributed by atoms with E-state index in [0.29, 0.717) is 18.4 Å². The van der Waals surface area contributed by atoms with E-state index in [0.717, 1.165) is 60.4 Å². The number of fused-ring (bicyclic) bond motifs is 1. The topological polar surface area (TPSA) is 73.4 Å². The summed E-state index contributed by atoms with van der Waals surface area (Å²) in [4.78, 5) is 26.7. The van der Waals surface area contributed by atoms with Gasteiger partial charge in [-0.1, -0.05) is 32.0 Å². The molecule has 3 aromatic rings. The standard InChI is InChI=1S/C28H38N6O/c1-19(2)18-34(27(35)22-12-14-29-15-13-22)23-9-7-21(8-10-23)17-30-26-24-11-6-20(3)16-25(24)31-28(32-26)33(4)5/h6-11,16,19,22,29H,12-15,17-18H2,1-5H3,(H,30,31,32). The number of piperidine rings is 1. The van der Waals surface area contributed by atoms with Crippen molar-refractivity contribution in [2.45, 2.75) is 40.2 Å². The van der Waals surface area contributed by atoms with E-state index in [1.807, 2.05) is 23.9 Å². The largest absolute Gasteiger partial charge is 0.365 e. The van der Waals surface area contributed by atoms with Gasteiger partial charge in [0.1, 0.15) is 5.82 Å². The van der Waals surface area contributed by atoms with Crippen molar-refractivity contribution in [1.82, 2.24) is 15.3 Å². The van der Waals surface area contributed by atoms with Crippen molar-refractivity contribution in [3.05, 3.63) is 53.6 Å². The predicted molar refractivity (Wildman–Crippen MR) is 145 cm³/mol. The maximum absolute atomic E-state index is 13.3. The third-order valence-electron chi connectivity index (χ3n) is 6.45. The Kier molecular flexibility index (Phi) is 7.86. The molecule has 2 heterocycles. The molecule has 2 aromatic carbocycles. The van der Waals surface area contributed by atoms with E-state index in [9.17, 15) is 4.79 Å². The smallest absolute Gasteiger partial charge is 0.230 e. The van der Waals surface area contributed by atoms with Crippen LogP contribution in [0.15, 0.2) is 42.5 Å². The molecule has 1 aliphatic heterocycles. The zero-order valence-corrected chi connectivity index (χ0v) is 21.6. The van der Waals surface area contributed by atoms with Gasteiger partial charge in [0.2, 0.25) is 11.9 Å². The van der Waals surface area contributed by atoms with Crippen molar-refractivity contribution in [2.75, 3.05) is 48.8 Å². The molecule has 0 atom stereocenters. The van der Waals surface area contributed by atoms with E-state index in [-0.39, 0.29) is 11.8 Å². The van der Waals surface area contributed by atoms with Crippen molar-refractivity contribution in [3.63, 3.8) is 0 Å². The van der Waals surface area contributed by atoms with Gasteiger partial charge in [0, 0.05) is 44.2 Å². The number of nitrogens with zero attached hydrogens (tertiary/aromatic N) is 4. The summed E-state index contributed by atoms with van der Waals surface area (Å²) in [5.74, 6) is 2.27. The van der Waals surface area contributed by atoms with Gasteiger partial charge in [0.15, 0.2) is 0 Å². The Hall–Kier alpha value is -3.19. The Labute approximate surface area is 208 Å². The highest BCUT2D eigenvalue weighted by Gasteiger charge is 2.27. The van der Waals surface area contributed by atoms with E-state index < -0.39 is 0 Å². The quantitative estimate of drug-likeness (QED) is 0.497. The first-order valence-electron chi connectivity index (χ1n) is 12.6. The molecule has 4 rings (SSSR count). The molecule has 1 amide bonds. The molecule has 35 heavy (non-hydrogen) atoms. The first kappa shape index (κ1) is 24.9. The lowest BCUT2D eigenvalue weighted by Gasteiger charge is -2.31. The van der Waals surface area contributed by atoms with Crippen molar-refractivity contribution in [1.29, 1.82) is 0 Å². The normalized spacial score (nSPS) is 14.3. The second kappa shape index (κ2) is 11.0. The van der Waals surface area contributed by atoms with Crippen molar-refractivity contribution >= 4 is 34.3 Å². The number of amides is 1. The molecule has 1 aromatic heterocycles. The molecule has 1 saturated heterocycles. The van der Waals surface area contributed by atoms with Crippen LogP contribution in [0.5, 0.6) is 0 Å². The lowest BCUT2D eigenvalue weighted by molar-refractivity contribution is -0.123. The van der Waals surface area contributed by atoms with Gasteiger partial charge in [-0.3, -0.25) is 4.79 Å². The van der Waals surface area contributed by atoms with Crippen molar-refractivity contribution in [2.24, 2.45) is 11.8 Å². The summed E-state index contributed by atoms with van der Waals surface area (Å²) in [5.41, 5.74) is 4.22. The summed E-state index contributed by atoms with van der Waals surface area (Å²) in [6.07, 6.45) is 1.83. The molecule has 7 heteroatoms. The second-order valence-corrected chi connectivity index (χ2v) is 10.2. The maximum atomic E-state index is 13.3. The van der Waals surface area contributed by atoms with Gasteiger partial charge in [-0.2, -0.15) is 4.98 Å². The fourth-order valence-electron chi connectivity index (χ4n) is 4.52. The molecule has 0 bridgehead atoms. The van der Waals surface area contributed by atoms with Crippen LogP contribution in [0.25, 0.3) is 10.9 Å². The molecule has 0 unspecified atom stereocenters. The number of benzene rings is 2. The Morgan fingerprint density at radius 3 is 2.46 bits per heavy atom. The van der Waals surface area contributed by atoms with Crippen LogP contribution in [0.2, 0.25) is 0 Å². The Morgan fingerprint density at radius 2 is 1.80 bits per heavy atom. The first-order valence-corrected chi connectivity index (χ1v) is 12.6. The zero-order valence-electron chi connectivity index (χ0n) is 21.6. The number of nitrogens with one attached hydrogen (secondary N) is 2. The molecule has 0 aliphatic carbocycles. The van der Waals surface area contributed by atoms with E-state index in [4.69, 9.17) is 9.97 Å².